The Labute approximate surface area is 163 Å². The second-order valence-corrected chi connectivity index (χ2v) is 6.76. The summed E-state index contributed by atoms with van der Waals surface area (Å²) < 4.78 is 27.6. The second-order valence-electron chi connectivity index (χ2n) is 6.36. The number of carbonyl (C=O) groups is 2. The van der Waals surface area contributed by atoms with Crippen LogP contribution in [0.15, 0.2) is 46.4 Å². The van der Waals surface area contributed by atoms with Crippen molar-refractivity contribution in [3.05, 3.63) is 69.1 Å². The van der Waals surface area contributed by atoms with Gasteiger partial charge in [0, 0.05) is 13.2 Å². The zero-order valence-electron chi connectivity index (χ0n) is 14.9. The fraction of sp³-hybridized carbons (Fsp3) is 0.211. The Bertz CT molecular complexity index is 1090. The molecule has 9 heteroatoms. The number of aromatic nitrogens is 1. The number of urea groups is 1. The van der Waals surface area contributed by atoms with E-state index in [1.54, 1.807) is 6.92 Å². The number of aromatic amines is 1. The van der Waals surface area contributed by atoms with Gasteiger partial charge in [-0.3, -0.25) is 9.59 Å². The summed E-state index contributed by atoms with van der Waals surface area (Å²) in [6, 6.07) is 0.603. The maximum absolute atomic E-state index is 14.1. The van der Waals surface area contributed by atoms with E-state index in [-0.39, 0.29) is 16.2 Å². The van der Waals surface area contributed by atoms with E-state index in [2.05, 4.69) is 10.3 Å². The quantitative estimate of drug-likeness (QED) is 0.820. The summed E-state index contributed by atoms with van der Waals surface area (Å²) in [5.74, 6) is -2.71. The van der Waals surface area contributed by atoms with E-state index in [4.69, 9.17) is 11.6 Å². The SMILES string of the molecule is CC(c1c[nH]c(=O)c2c(F)c(F)ccc12)N(C)C(=O)NC1C=CC(=O)C(Cl)=C1. The number of rotatable bonds is 3. The summed E-state index contributed by atoms with van der Waals surface area (Å²) in [7, 11) is 1.51. The van der Waals surface area contributed by atoms with Crippen molar-refractivity contribution in [2.45, 2.75) is 19.0 Å². The van der Waals surface area contributed by atoms with Gasteiger partial charge in [-0.25, -0.2) is 13.6 Å². The van der Waals surface area contributed by atoms with Gasteiger partial charge in [-0.15, -0.1) is 0 Å². The molecule has 2 atom stereocenters. The van der Waals surface area contributed by atoms with Crippen LogP contribution in [0.5, 0.6) is 0 Å². The van der Waals surface area contributed by atoms with E-state index >= 15 is 0 Å². The Morgan fingerprint density at radius 2 is 2.04 bits per heavy atom. The van der Waals surface area contributed by atoms with Gasteiger partial charge >= 0.3 is 6.03 Å². The van der Waals surface area contributed by atoms with Crippen LogP contribution in [-0.4, -0.2) is 34.8 Å². The highest BCUT2D eigenvalue weighted by atomic mass is 35.5. The van der Waals surface area contributed by atoms with Gasteiger partial charge in [-0.2, -0.15) is 0 Å². The molecule has 3 rings (SSSR count). The molecule has 1 aromatic heterocycles. The zero-order chi connectivity index (χ0) is 20.6. The Balaban J connectivity index is 1.89. The summed E-state index contributed by atoms with van der Waals surface area (Å²) in [5.41, 5.74) is -0.319. The predicted octanol–water partition coefficient (Wildman–Crippen LogP) is 3.14. The third kappa shape index (κ3) is 3.55. The Morgan fingerprint density at radius 3 is 2.71 bits per heavy atom. The largest absolute Gasteiger partial charge is 0.328 e. The maximum atomic E-state index is 14.1. The van der Waals surface area contributed by atoms with Crippen molar-refractivity contribution in [1.82, 2.24) is 15.2 Å². The number of H-pyrrole nitrogens is 1. The molecule has 1 aliphatic carbocycles. The molecule has 2 unspecified atom stereocenters. The second kappa shape index (κ2) is 7.55. The molecule has 0 saturated heterocycles. The van der Waals surface area contributed by atoms with E-state index in [0.29, 0.717) is 5.56 Å². The van der Waals surface area contributed by atoms with Crippen molar-refractivity contribution in [1.29, 1.82) is 0 Å². The van der Waals surface area contributed by atoms with E-state index in [1.807, 2.05) is 0 Å². The minimum absolute atomic E-state index is 0.00707. The van der Waals surface area contributed by atoms with Gasteiger partial charge in [-0.1, -0.05) is 23.7 Å². The number of allylic oxidation sites excluding steroid dienone is 2. The molecule has 1 aliphatic rings. The molecular formula is C19H16ClF2N3O3. The van der Waals surface area contributed by atoms with Gasteiger partial charge in [-0.05, 0) is 36.1 Å². The molecule has 2 aromatic rings. The number of ketones is 1. The Hall–Kier alpha value is -3.00. The van der Waals surface area contributed by atoms with Crippen LogP contribution in [0.3, 0.4) is 0 Å². The van der Waals surface area contributed by atoms with Crippen molar-refractivity contribution in [3.63, 3.8) is 0 Å². The number of carbonyl (C=O) groups excluding carboxylic acids is 2. The Kier molecular flexibility index (Phi) is 5.33. The van der Waals surface area contributed by atoms with E-state index in [1.165, 1.54) is 42.4 Å². The first kappa shape index (κ1) is 19.8. The molecule has 6 nitrogen and oxygen atoms in total. The third-order valence-electron chi connectivity index (χ3n) is 4.65. The highest BCUT2D eigenvalue weighted by Gasteiger charge is 2.24. The molecule has 146 valence electrons. The molecule has 0 fully saturated rings. The van der Waals surface area contributed by atoms with Gasteiger partial charge in [0.15, 0.2) is 17.4 Å². The monoisotopic (exact) mass is 407 g/mol. The van der Waals surface area contributed by atoms with Crippen molar-refractivity contribution in [2.24, 2.45) is 0 Å². The Morgan fingerprint density at radius 1 is 1.32 bits per heavy atom. The summed E-state index contributed by atoms with van der Waals surface area (Å²) in [4.78, 5) is 39.6. The first-order chi connectivity index (χ1) is 13.2. The predicted molar refractivity (Wildman–Crippen MR) is 101 cm³/mol. The van der Waals surface area contributed by atoms with Gasteiger partial charge in [0.1, 0.15) is 0 Å². The average Bonchev–Trinajstić information content (AvgIpc) is 2.66. The maximum Gasteiger partial charge on any atom is 0.318 e. The number of nitrogens with zero attached hydrogens (tertiary/aromatic N) is 1. The normalized spacial score (nSPS) is 17.4. The minimum Gasteiger partial charge on any atom is -0.328 e. The van der Waals surface area contributed by atoms with Crippen LogP contribution in [-0.2, 0) is 4.79 Å². The van der Waals surface area contributed by atoms with Crippen LogP contribution >= 0.6 is 11.6 Å². The number of fused-ring (bicyclic) bond motifs is 1. The standard InChI is InChI=1S/C19H16ClF2N3O3/c1-9(25(2)19(28)24-10-3-6-15(26)13(20)7-10)12-8-23-18(27)16-11(12)4-5-14(21)17(16)22/h3-10H,1-2H3,(H,23,27)(H,24,28). The minimum atomic E-state index is -1.24. The molecule has 28 heavy (non-hydrogen) atoms. The molecule has 0 saturated carbocycles. The summed E-state index contributed by atoms with van der Waals surface area (Å²) >= 11 is 5.79. The van der Waals surface area contributed by atoms with Crippen LogP contribution in [0.4, 0.5) is 13.6 Å². The molecule has 1 aromatic carbocycles. The number of nitrogens with one attached hydrogen (secondary N) is 2. The van der Waals surface area contributed by atoms with E-state index in [0.717, 1.165) is 6.07 Å². The molecule has 0 spiro atoms. The fourth-order valence-corrected chi connectivity index (χ4v) is 3.14. The van der Waals surface area contributed by atoms with Gasteiger partial charge < -0.3 is 15.2 Å². The van der Waals surface area contributed by atoms with Crippen LogP contribution < -0.4 is 10.9 Å². The molecule has 2 N–H and O–H groups in total. The van der Waals surface area contributed by atoms with Gasteiger partial charge in [0.2, 0.25) is 0 Å². The number of halogens is 3. The van der Waals surface area contributed by atoms with Crippen LogP contribution in [0, 0.1) is 11.6 Å². The third-order valence-corrected chi connectivity index (χ3v) is 4.96. The lowest BCUT2D eigenvalue weighted by atomic mass is 10.0. The topological polar surface area (TPSA) is 82.3 Å². The first-order valence-corrected chi connectivity index (χ1v) is 8.71. The van der Waals surface area contributed by atoms with Crippen molar-refractivity contribution >= 4 is 34.2 Å². The van der Waals surface area contributed by atoms with E-state index in [9.17, 15) is 23.2 Å². The molecule has 0 aliphatic heterocycles. The van der Waals surface area contributed by atoms with Crippen molar-refractivity contribution in [3.8, 4) is 0 Å². The van der Waals surface area contributed by atoms with Crippen LogP contribution in [0.1, 0.15) is 18.5 Å². The number of hydrogen-bond donors (Lipinski definition) is 2. The lowest BCUT2D eigenvalue weighted by Crippen LogP contribution is -2.43. The lowest BCUT2D eigenvalue weighted by Gasteiger charge is -2.28. The number of hydrogen-bond acceptors (Lipinski definition) is 3. The van der Waals surface area contributed by atoms with Crippen LogP contribution in [0.25, 0.3) is 10.8 Å². The van der Waals surface area contributed by atoms with Gasteiger partial charge in [0.05, 0.1) is 22.5 Å². The molecule has 0 radical (unpaired) electrons. The highest BCUT2D eigenvalue weighted by molar-refractivity contribution is 6.44. The fourth-order valence-electron chi connectivity index (χ4n) is 2.94. The zero-order valence-corrected chi connectivity index (χ0v) is 15.7. The van der Waals surface area contributed by atoms with Crippen molar-refractivity contribution in [2.75, 3.05) is 7.05 Å². The summed E-state index contributed by atoms with van der Waals surface area (Å²) in [6.07, 6.45) is 5.54. The molecule has 1 heterocycles. The number of benzene rings is 1. The first-order valence-electron chi connectivity index (χ1n) is 8.33. The molecule has 0 bridgehead atoms. The van der Waals surface area contributed by atoms with Gasteiger partial charge in [0.25, 0.3) is 5.56 Å². The lowest BCUT2D eigenvalue weighted by molar-refractivity contribution is -0.110. The molecular weight excluding hydrogens is 392 g/mol. The van der Waals surface area contributed by atoms with Crippen molar-refractivity contribution < 1.29 is 18.4 Å². The summed E-state index contributed by atoms with van der Waals surface area (Å²) in [5, 5.41) is 2.50. The average molecular weight is 408 g/mol. The summed E-state index contributed by atoms with van der Waals surface area (Å²) in [6.45, 7) is 1.68. The smallest absolute Gasteiger partial charge is 0.318 e. The highest BCUT2D eigenvalue weighted by Crippen LogP contribution is 2.27. The number of amides is 2. The van der Waals surface area contributed by atoms with E-state index < -0.39 is 40.7 Å². The van der Waals surface area contributed by atoms with Crippen LogP contribution in [0.2, 0.25) is 0 Å². The molecule has 2 amide bonds. The number of pyridine rings is 1.